The maximum absolute atomic E-state index is 12.2. The topological polar surface area (TPSA) is 92.6 Å². The molecule has 3 heterocycles. The first-order valence-electron chi connectivity index (χ1n) is 7.79. The van der Waals surface area contributed by atoms with Gasteiger partial charge in [-0.3, -0.25) is 9.59 Å². The van der Waals surface area contributed by atoms with Crippen LogP contribution < -0.4 is 0 Å². The number of carbonyl (C=O) groups excluding carboxylic acids is 3. The van der Waals surface area contributed by atoms with E-state index in [0.717, 1.165) is 25.9 Å². The summed E-state index contributed by atoms with van der Waals surface area (Å²) in [6, 6.07) is 4.62. The molecule has 1 fully saturated rings. The minimum absolute atomic E-state index is 0.0549. The molecule has 0 bridgehead atoms. The smallest absolute Gasteiger partial charge is 0.374 e. The molecule has 0 unspecified atom stereocenters. The summed E-state index contributed by atoms with van der Waals surface area (Å²) < 4.78 is 10.1. The van der Waals surface area contributed by atoms with E-state index in [2.05, 4.69) is 4.98 Å². The number of Topliss-reactive ketones (excluding diaryl/α,β-unsaturated/α-hetero) is 1. The first-order chi connectivity index (χ1) is 11.5. The van der Waals surface area contributed by atoms with Crippen molar-refractivity contribution >= 4 is 17.7 Å². The second-order valence-electron chi connectivity index (χ2n) is 5.71. The van der Waals surface area contributed by atoms with E-state index < -0.39 is 12.6 Å². The molecule has 0 aliphatic carbocycles. The van der Waals surface area contributed by atoms with Gasteiger partial charge in [-0.2, -0.15) is 0 Å². The van der Waals surface area contributed by atoms with Gasteiger partial charge in [0.15, 0.2) is 6.61 Å². The minimum Gasteiger partial charge on any atom is -0.454 e. The molecule has 24 heavy (non-hydrogen) atoms. The van der Waals surface area contributed by atoms with E-state index in [-0.39, 0.29) is 17.5 Å². The van der Waals surface area contributed by atoms with Gasteiger partial charge in [-0.15, -0.1) is 0 Å². The summed E-state index contributed by atoms with van der Waals surface area (Å²) in [6.45, 7) is 2.77. The number of aryl methyl sites for hydroxylation is 1. The normalized spacial score (nSPS) is 14.0. The molecule has 1 aliphatic rings. The Morgan fingerprint density at radius 1 is 1.25 bits per heavy atom. The maximum Gasteiger partial charge on any atom is 0.374 e. The van der Waals surface area contributed by atoms with Gasteiger partial charge in [-0.1, -0.05) is 0 Å². The fraction of sp³-hybridized carbons (Fsp3) is 0.353. The molecule has 1 N–H and O–H groups in total. The number of furan rings is 1. The van der Waals surface area contributed by atoms with Gasteiger partial charge in [-0.05, 0) is 38.0 Å². The summed E-state index contributed by atoms with van der Waals surface area (Å²) in [5.74, 6) is -0.554. The van der Waals surface area contributed by atoms with E-state index in [1.807, 2.05) is 0 Å². The van der Waals surface area contributed by atoms with Gasteiger partial charge < -0.3 is 19.0 Å². The Bertz CT molecular complexity index is 768. The third-order valence-corrected chi connectivity index (χ3v) is 3.90. The molecule has 1 aliphatic heterocycles. The van der Waals surface area contributed by atoms with Crippen LogP contribution in [0.5, 0.6) is 0 Å². The van der Waals surface area contributed by atoms with E-state index >= 15 is 0 Å². The maximum atomic E-state index is 12.2. The highest BCUT2D eigenvalue weighted by molar-refractivity contribution is 6.01. The zero-order valence-electron chi connectivity index (χ0n) is 13.3. The van der Waals surface area contributed by atoms with Crippen LogP contribution in [0.1, 0.15) is 50.0 Å². The van der Waals surface area contributed by atoms with Gasteiger partial charge in [0.05, 0.1) is 0 Å². The van der Waals surface area contributed by atoms with Gasteiger partial charge in [0.2, 0.25) is 11.5 Å². The number of carbonyl (C=O) groups is 3. The highest BCUT2D eigenvalue weighted by Crippen LogP contribution is 2.14. The van der Waals surface area contributed by atoms with Crippen molar-refractivity contribution in [1.29, 1.82) is 0 Å². The number of nitrogens with one attached hydrogen (secondary N) is 1. The Morgan fingerprint density at radius 2 is 2.00 bits per heavy atom. The van der Waals surface area contributed by atoms with E-state index in [9.17, 15) is 14.4 Å². The molecule has 1 amide bonds. The third kappa shape index (κ3) is 3.40. The van der Waals surface area contributed by atoms with Gasteiger partial charge in [0.25, 0.3) is 5.91 Å². The Balaban J connectivity index is 1.57. The van der Waals surface area contributed by atoms with Crippen molar-refractivity contribution < 1.29 is 23.5 Å². The zero-order valence-corrected chi connectivity index (χ0v) is 13.3. The van der Waals surface area contributed by atoms with Crippen molar-refractivity contribution in [1.82, 2.24) is 9.88 Å². The fourth-order valence-electron chi connectivity index (χ4n) is 2.60. The number of nitrogens with zero attached hydrogens (tertiary/aromatic N) is 1. The number of amides is 1. The van der Waals surface area contributed by atoms with Crippen LogP contribution in [0.15, 0.2) is 28.8 Å². The first kappa shape index (κ1) is 16.0. The lowest BCUT2D eigenvalue weighted by Gasteiger charge is -2.13. The van der Waals surface area contributed by atoms with Gasteiger partial charge >= 0.3 is 5.97 Å². The van der Waals surface area contributed by atoms with Crippen molar-refractivity contribution in [3.63, 3.8) is 0 Å². The lowest BCUT2D eigenvalue weighted by molar-refractivity contribution is 0.0442. The summed E-state index contributed by atoms with van der Waals surface area (Å²) in [5.41, 5.74) is 0.675. The first-order valence-corrected chi connectivity index (χ1v) is 7.79. The molecule has 7 nitrogen and oxygen atoms in total. The monoisotopic (exact) mass is 330 g/mol. The van der Waals surface area contributed by atoms with Crippen LogP contribution in [0.3, 0.4) is 0 Å². The molecule has 2 aromatic rings. The van der Waals surface area contributed by atoms with E-state index in [1.54, 1.807) is 17.9 Å². The Kier molecular flexibility index (Phi) is 4.50. The Labute approximate surface area is 138 Å². The van der Waals surface area contributed by atoms with Crippen LogP contribution in [0, 0.1) is 6.92 Å². The SMILES string of the molecule is Cc1ccc(C(=O)OCC(=O)c2c[nH]c(C(=O)N3CCCC3)c2)o1. The number of likely N-dealkylation sites (tertiary alicyclic amines) is 1. The van der Waals surface area contributed by atoms with Crippen molar-refractivity contribution in [2.24, 2.45) is 0 Å². The number of aromatic amines is 1. The van der Waals surface area contributed by atoms with Crippen LogP contribution in [0.4, 0.5) is 0 Å². The zero-order chi connectivity index (χ0) is 17.1. The van der Waals surface area contributed by atoms with Crippen LogP contribution >= 0.6 is 0 Å². The number of esters is 1. The lowest BCUT2D eigenvalue weighted by atomic mass is 10.2. The standard InChI is InChI=1S/C17H18N2O5/c1-11-4-5-15(24-11)17(22)23-10-14(20)12-8-13(18-9-12)16(21)19-6-2-3-7-19/h4-5,8-9,18H,2-3,6-7,10H2,1H3. The quantitative estimate of drug-likeness (QED) is 0.670. The van der Waals surface area contributed by atoms with Gasteiger partial charge in [0, 0.05) is 24.8 Å². The van der Waals surface area contributed by atoms with Crippen molar-refractivity contribution in [2.75, 3.05) is 19.7 Å². The average molecular weight is 330 g/mol. The number of ether oxygens (including phenoxy) is 1. The summed E-state index contributed by atoms with van der Waals surface area (Å²) >= 11 is 0. The molecule has 0 spiro atoms. The molecule has 3 rings (SSSR count). The van der Waals surface area contributed by atoms with Crippen molar-refractivity contribution in [2.45, 2.75) is 19.8 Å². The molecule has 1 saturated heterocycles. The molecule has 0 aromatic carbocycles. The molecular formula is C17H18N2O5. The van der Waals surface area contributed by atoms with Crippen molar-refractivity contribution in [3.05, 3.63) is 47.2 Å². The number of hydrogen-bond acceptors (Lipinski definition) is 5. The lowest BCUT2D eigenvalue weighted by Crippen LogP contribution is -2.27. The summed E-state index contributed by atoms with van der Waals surface area (Å²) in [5, 5.41) is 0. The van der Waals surface area contributed by atoms with E-state index in [1.165, 1.54) is 18.3 Å². The van der Waals surface area contributed by atoms with Crippen LogP contribution in [-0.2, 0) is 4.74 Å². The second-order valence-corrected chi connectivity index (χ2v) is 5.71. The molecule has 0 atom stereocenters. The van der Waals surface area contributed by atoms with E-state index in [4.69, 9.17) is 9.15 Å². The van der Waals surface area contributed by atoms with Crippen LogP contribution in [-0.4, -0.2) is 47.2 Å². The van der Waals surface area contributed by atoms with Gasteiger partial charge in [-0.25, -0.2) is 4.79 Å². The molecule has 2 aromatic heterocycles. The second kappa shape index (κ2) is 6.74. The summed E-state index contributed by atoms with van der Waals surface area (Å²) in [4.78, 5) is 40.6. The molecular weight excluding hydrogens is 312 g/mol. The van der Waals surface area contributed by atoms with Crippen LogP contribution in [0.2, 0.25) is 0 Å². The fourth-order valence-corrected chi connectivity index (χ4v) is 2.60. The number of hydrogen-bond donors (Lipinski definition) is 1. The predicted molar refractivity (Wildman–Crippen MR) is 84.0 cm³/mol. The number of ketones is 1. The molecule has 126 valence electrons. The number of rotatable bonds is 5. The van der Waals surface area contributed by atoms with Crippen molar-refractivity contribution in [3.8, 4) is 0 Å². The minimum atomic E-state index is -0.694. The van der Waals surface area contributed by atoms with E-state index in [0.29, 0.717) is 17.0 Å². The largest absolute Gasteiger partial charge is 0.454 e. The Hall–Kier alpha value is -2.83. The highest BCUT2D eigenvalue weighted by Gasteiger charge is 2.22. The molecule has 7 heteroatoms. The predicted octanol–water partition coefficient (Wildman–Crippen LogP) is 2.19. The molecule has 0 radical (unpaired) electrons. The Morgan fingerprint density at radius 3 is 2.67 bits per heavy atom. The third-order valence-electron chi connectivity index (χ3n) is 3.90. The number of H-pyrrole nitrogens is 1. The summed E-state index contributed by atoms with van der Waals surface area (Å²) in [7, 11) is 0. The van der Waals surface area contributed by atoms with Gasteiger partial charge in [0.1, 0.15) is 11.5 Å². The molecule has 0 saturated carbocycles. The summed E-state index contributed by atoms with van der Waals surface area (Å²) in [6.07, 6.45) is 3.46. The number of aromatic nitrogens is 1. The average Bonchev–Trinajstić information content (AvgIpc) is 3.31. The highest BCUT2D eigenvalue weighted by atomic mass is 16.5. The van der Waals surface area contributed by atoms with Crippen LogP contribution in [0.25, 0.3) is 0 Å².